The number of nitrogens with one attached hydrogen (secondary N) is 2. The Balaban J connectivity index is 1.45. The second-order valence-corrected chi connectivity index (χ2v) is 7.61. The number of hydrogen-bond acceptors (Lipinski definition) is 7. The maximum Gasteiger partial charge on any atom is 0.229 e. The first-order valence-electron chi connectivity index (χ1n) is 10.4. The fourth-order valence-electron chi connectivity index (χ4n) is 4.00. The Labute approximate surface area is 179 Å². The van der Waals surface area contributed by atoms with Crippen LogP contribution in [0.4, 0.5) is 17.3 Å². The quantitative estimate of drug-likeness (QED) is 0.456. The van der Waals surface area contributed by atoms with Crippen LogP contribution in [0, 0.1) is 0 Å². The van der Waals surface area contributed by atoms with Crippen molar-refractivity contribution >= 4 is 28.5 Å². The van der Waals surface area contributed by atoms with Crippen LogP contribution in [-0.4, -0.2) is 51.3 Å². The molecule has 0 amide bonds. The van der Waals surface area contributed by atoms with E-state index >= 15 is 0 Å². The molecule has 3 N–H and O–H groups in total. The summed E-state index contributed by atoms with van der Waals surface area (Å²) < 4.78 is 5.52. The number of fused-ring (bicyclic) bond motifs is 1. The van der Waals surface area contributed by atoms with Crippen LogP contribution in [0.2, 0.25) is 0 Å². The van der Waals surface area contributed by atoms with Gasteiger partial charge >= 0.3 is 0 Å². The molecular formula is C23H24N6O2. The van der Waals surface area contributed by atoms with Gasteiger partial charge in [-0.15, -0.1) is 0 Å². The first kappa shape index (κ1) is 19.3. The minimum Gasteiger partial charge on any atom is -0.496 e. The van der Waals surface area contributed by atoms with Crippen molar-refractivity contribution in [1.82, 2.24) is 19.9 Å². The summed E-state index contributed by atoms with van der Waals surface area (Å²) in [5, 5.41) is 13.2. The van der Waals surface area contributed by atoms with Crippen molar-refractivity contribution in [1.29, 1.82) is 0 Å². The molecule has 1 aliphatic rings. The van der Waals surface area contributed by atoms with Crippen LogP contribution < -0.4 is 15.0 Å². The van der Waals surface area contributed by atoms with Crippen molar-refractivity contribution in [2.45, 2.75) is 18.9 Å². The number of ether oxygens (including phenoxy) is 1. The Bertz CT molecular complexity index is 1190. The molecule has 0 spiro atoms. The summed E-state index contributed by atoms with van der Waals surface area (Å²) in [5.41, 5.74) is 4.90. The van der Waals surface area contributed by atoms with Crippen LogP contribution in [0.5, 0.6) is 5.75 Å². The zero-order chi connectivity index (χ0) is 21.2. The molecule has 8 nitrogen and oxygen atoms in total. The van der Waals surface area contributed by atoms with Crippen molar-refractivity contribution in [3.05, 3.63) is 54.9 Å². The van der Waals surface area contributed by atoms with Gasteiger partial charge in [0.25, 0.3) is 0 Å². The molecule has 8 heteroatoms. The van der Waals surface area contributed by atoms with E-state index in [0.29, 0.717) is 18.1 Å². The number of para-hydroxylation sites is 1. The van der Waals surface area contributed by atoms with Crippen molar-refractivity contribution in [2.75, 3.05) is 30.4 Å². The van der Waals surface area contributed by atoms with Crippen LogP contribution in [0.3, 0.4) is 0 Å². The SMILES string of the molecule is COc1ccccc1-c1nc(Nc2ccc(N3CCCC(O)C3)cc2)nc2nc[nH]c12. The van der Waals surface area contributed by atoms with Gasteiger partial charge in [-0.3, -0.25) is 0 Å². The Morgan fingerprint density at radius 2 is 1.97 bits per heavy atom. The van der Waals surface area contributed by atoms with Gasteiger partial charge in [-0.2, -0.15) is 4.98 Å². The van der Waals surface area contributed by atoms with Gasteiger partial charge in [-0.05, 0) is 49.2 Å². The summed E-state index contributed by atoms with van der Waals surface area (Å²) in [5.74, 6) is 1.19. The van der Waals surface area contributed by atoms with E-state index in [9.17, 15) is 5.11 Å². The molecule has 1 fully saturated rings. The monoisotopic (exact) mass is 416 g/mol. The minimum absolute atomic E-state index is 0.256. The maximum absolute atomic E-state index is 9.93. The number of imidazole rings is 1. The van der Waals surface area contributed by atoms with Gasteiger partial charge in [-0.25, -0.2) is 9.97 Å². The number of aromatic nitrogens is 4. The number of nitrogens with zero attached hydrogens (tertiary/aromatic N) is 4. The predicted octanol–water partition coefficient (Wildman–Crippen LogP) is 3.73. The Kier molecular flexibility index (Phi) is 5.13. The lowest BCUT2D eigenvalue weighted by atomic mass is 10.1. The molecule has 0 aliphatic carbocycles. The van der Waals surface area contributed by atoms with Crippen LogP contribution >= 0.6 is 0 Å². The Morgan fingerprint density at radius 1 is 1.13 bits per heavy atom. The van der Waals surface area contributed by atoms with E-state index < -0.39 is 0 Å². The molecule has 0 bridgehead atoms. The highest BCUT2D eigenvalue weighted by Crippen LogP contribution is 2.33. The second kappa shape index (κ2) is 8.23. The van der Waals surface area contributed by atoms with E-state index in [1.165, 1.54) is 0 Å². The molecule has 31 heavy (non-hydrogen) atoms. The number of aliphatic hydroxyl groups is 1. The molecule has 2 aromatic carbocycles. The molecule has 1 unspecified atom stereocenters. The van der Waals surface area contributed by atoms with E-state index in [-0.39, 0.29) is 6.10 Å². The molecule has 0 radical (unpaired) electrons. The Hall–Kier alpha value is -3.65. The van der Waals surface area contributed by atoms with E-state index in [0.717, 1.165) is 53.3 Å². The highest BCUT2D eigenvalue weighted by Gasteiger charge is 2.18. The summed E-state index contributed by atoms with van der Waals surface area (Å²) in [6.07, 6.45) is 3.24. The zero-order valence-electron chi connectivity index (χ0n) is 17.2. The summed E-state index contributed by atoms with van der Waals surface area (Å²) in [7, 11) is 1.65. The van der Waals surface area contributed by atoms with Crippen LogP contribution in [-0.2, 0) is 0 Å². The lowest BCUT2D eigenvalue weighted by molar-refractivity contribution is 0.154. The smallest absolute Gasteiger partial charge is 0.229 e. The van der Waals surface area contributed by atoms with E-state index in [1.54, 1.807) is 13.4 Å². The molecule has 3 heterocycles. The number of piperidine rings is 1. The van der Waals surface area contributed by atoms with Gasteiger partial charge in [0.05, 0.1) is 19.5 Å². The third-order valence-electron chi connectivity index (χ3n) is 5.53. The number of β-amino-alcohol motifs (C(OH)–C–C–N with tert-alkyl or cyclic N) is 1. The van der Waals surface area contributed by atoms with E-state index in [4.69, 9.17) is 9.72 Å². The highest BCUT2D eigenvalue weighted by molar-refractivity contribution is 5.90. The first-order chi connectivity index (χ1) is 15.2. The number of hydrogen-bond donors (Lipinski definition) is 3. The molecular weight excluding hydrogens is 392 g/mol. The lowest BCUT2D eigenvalue weighted by Gasteiger charge is -2.32. The summed E-state index contributed by atoms with van der Waals surface area (Å²) in [4.78, 5) is 19.0. The fraction of sp³-hybridized carbons (Fsp3) is 0.261. The summed E-state index contributed by atoms with van der Waals surface area (Å²) in [6, 6.07) is 15.8. The summed E-state index contributed by atoms with van der Waals surface area (Å²) in [6.45, 7) is 1.64. The molecule has 1 aliphatic heterocycles. The van der Waals surface area contributed by atoms with Crippen LogP contribution in [0.25, 0.3) is 22.4 Å². The maximum atomic E-state index is 9.93. The van der Waals surface area contributed by atoms with Crippen LogP contribution in [0.1, 0.15) is 12.8 Å². The summed E-state index contributed by atoms with van der Waals surface area (Å²) >= 11 is 0. The number of benzene rings is 2. The molecule has 1 saturated heterocycles. The number of rotatable bonds is 5. The molecule has 5 rings (SSSR count). The molecule has 1 atom stereocenters. The molecule has 2 aromatic heterocycles. The van der Waals surface area contributed by atoms with Gasteiger partial charge in [-0.1, -0.05) is 12.1 Å². The Morgan fingerprint density at radius 3 is 2.77 bits per heavy atom. The normalized spacial score (nSPS) is 16.5. The van der Waals surface area contributed by atoms with Crippen LogP contribution in [0.15, 0.2) is 54.9 Å². The number of aliphatic hydroxyl groups excluding tert-OH is 1. The number of H-pyrrole nitrogens is 1. The van der Waals surface area contributed by atoms with Crippen molar-refractivity contribution < 1.29 is 9.84 Å². The van der Waals surface area contributed by atoms with Gasteiger partial charge in [0.2, 0.25) is 5.95 Å². The standard InChI is InChI=1S/C23H24N6O2/c1-31-19-7-3-2-6-18(19)20-21-22(25-14-24-21)28-23(27-20)26-15-8-10-16(11-9-15)29-12-4-5-17(30)13-29/h2-3,6-11,14,17,30H,4-5,12-13H2,1H3,(H2,24,25,26,27,28). The molecule has 0 saturated carbocycles. The van der Waals surface area contributed by atoms with E-state index in [1.807, 2.05) is 36.4 Å². The average molecular weight is 416 g/mol. The second-order valence-electron chi connectivity index (χ2n) is 7.61. The van der Waals surface area contributed by atoms with Gasteiger partial charge in [0.15, 0.2) is 5.65 Å². The van der Waals surface area contributed by atoms with Crippen molar-refractivity contribution in [3.8, 4) is 17.0 Å². The number of aromatic amines is 1. The first-order valence-corrected chi connectivity index (χ1v) is 10.4. The molecule has 158 valence electrons. The number of methoxy groups -OCH3 is 1. The number of anilines is 3. The largest absolute Gasteiger partial charge is 0.496 e. The van der Waals surface area contributed by atoms with Gasteiger partial charge in [0.1, 0.15) is 17.0 Å². The fourth-order valence-corrected chi connectivity index (χ4v) is 4.00. The third kappa shape index (κ3) is 3.89. The van der Waals surface area contributed by atoms with Crippen molar-refractivity contribution in [2.24, 2.45) is 0 Å². The molecule has 4 aromatic rings. The predicted molar refractivity (Wildman–Crippen MR) is 121 cm³/mol. The topological polar surface area (TPSA) is 99.2 Å². The minimum atomic E-state index is -0.256. The third-order valence-corrected chi connectivity index (χ3v) is 5.53. The average Bonchev–Trinajstić information content (AvgIpc) is 3.28. The van der Waals surface area contributed by atoms with Gasteiger partial charge < -0.3 is 25.0 Å². The van der Waals surface area contributed by atoms with E-state index in [2.05, 4.69) is 37.3 Å². The highest BCUT2D eigenvalue weighted by atomic mass is 16.5. The van der Waals surface area contributed by atoms with Crippen molar-refractivity contribution in [3.63, 3.8) is 0 Å². The zero-order valence-corrected chi connectivity index (χ0v) is 17.2. The lowest BCUT2D eigenvalue weighted by Crippen LogP contribution is -2.38. The van der Waals surface area contributed by atoms with Gasteiger partial charge in [0, 0.05) is 30.0 Å².